The summed E-state index contributed by atoms with van der Waals surface area (Å²) in [6, 6.07) is 7.15. The summed E-state index contributed by atoms with van der Waals surface area (Å²) in [5.41, 5.74) is 4.60. The monoisotopic (exact) mass is 536 g/mol. The number of hydrogen-bond donors (Lipinski definition) is 4. The summed E-state index contributed by atoms with van der Waals surface area (Å²) >= 11 is 0. The number of fused-ring (bicyclic) bond motifs is 1. The van der Waals surface area contributed by atoms with Crippen LogP contribution < -0.4 is 15.3 Å². The smallest absolute Gasteiger partial charge is 0.459 e. The topological polar surface area (TPSA) is 193 Å². The summed E-state index contributed by atoms with van der Waals surface area (Å²) in [7, 11) is -3.06. The Balaban J connectivity index is 1.60. The zero-order chi connectivity index (χ0) is 27.0. The van der Waals surface area contributed by atoms with Crippen molar-refractivity contribution in [1.82, 2.24) is 24.6 Å². The van der Waals surface area contributed by atoms with Crippen LogP contribution in [0.1, 0.15) is 27.0 Å². The van der Waals surface area contributed by atoms with Gasteiger partial charge in [0, 0.05) is 0 Å². The molecule has 1 aromatic carbocycles. The number of carbonyl (C=O) groups excluding carboxylic acids is 1. The first-order valence-electron chi connectivity index (χ1n) is 11.3. The molecular formula is C22H29N6O8P. The van der Waals surface area contributed by atoms with Gasteiger partial charge in [-0.15, -0.1) is 0 Å². The number of nitrogens with one attached hydrogen (secondary N) is 1. The molecule has 3 aromatic rings. The van der Waals surface area contributed by atoms with Gasteiger partial charge < -0.3 is 29.9 Å². The van der Waals surface area contributed by atoms with Crippen LogP contribution in [-0.2, 0) is 23.4 Å². The van der Waals surface area contributed by atoms with Crippen LogP contribution in [0.25, 0.3) is 11.2 Å². The number of para-hydroxylation sites is 1. The van der Waals surface area contributed by atoms with Gasteiger partial charge in [-0.25, -0.2) is 19.5 Å². The van der Waals surface area contributed by atoms with Crippen molar-refractivity contribution in [3.8, 4) is 5.75 Å². The third-order valence-corrected chi connectivity index (χ3v) is 7.74. The van der Waals surface area contributed by atoms with E-state index in [9.17, 15) is 19.6 Å². The van der Waals surface area contributed by atoms with Gasteiger partial charge in [0.05, 0.1) is 19.5 Å². The van der Waals surface area contributed by atoms with Gasteiger partial charge in [0.2, 0.25) is 0 Å². The summed E-state index contributed by atoms with van der Waals surface area (Å²) in [6.07, 6.45) is -2.34. The van der Waals surface area contributed by atoms with Crippen molar-refractivity contribution in [2.75, 3.05) is 12.8 Å². The molecule has 2 aromatic heterocycles. The van der Waals surface area contributed by atoms with Gasteiger partial charge in [0.25, 0.3) is 0 Å². The predicted octanol–water partition coefficient (Wildman–Crippen LogP) is 1.16. The number of aromatic nitrogens is 4. The predicted molar refractivity (Wildman–Crippen MR) is 130 cm³/mol. The number of aliphatic hydroxyl groups is 2. The van der Waals surface area contributed by atoms with E-state index in [1.807, 2.05) is 0 Å². The molecule has 0 amide bonds. The van der Waals surface area contributed by atoms with E-state index in [4.69, 9.17) is 24.3 Å². The largest absolute Gasteiger partial charge is 0.468 e. The van der Waals surface area contributed by atoms with Gasteiger partial charge in [-0.3, -0.25) is 13.9 Å². The fourth-order valence-corrected chi connectivity index (χ4v) is 5.73. The minimum atomic E-state index is -4.25. The van der Waals surface area contributed by atoms with Crippen LogP contribution in [0.15, 0.2) is 43.0 Å². The van der Waals surface area contributed by atoms with Crippen LogP contribution >= 0.6 is 7.75 Å². The molecule has 7 unspecified atom stereocenters. The number of anilines is 1. The number of ether oxygens (including phenoxy) is 2. The lowest BCUT2D eigenvalue weighted by atomic mass is 9.94. The van der Waals surface area contributed by atoms with Crippen molar-refractivity contribution in [3.63, 3.8) is 0 Å². The van der Waals surface area contributed by atoms with E-state index in [2.05, 4.69) is 20.0 Å². The van der Waals surface area contributed by atoms with E-state index in [-0.39, 0.29) is 17.2 Å². The van der Waals surface area contributed by atoms with Crippen LogP contribution in [0, 0.1) is 0 Å². The maximum absolute atomic E-state index is 13.8. The molecule has 0 saturated carbocycles. The number of benzene rings is 1. The molecule has 5 N–H and O–H groups in total. The van der Waals surface area contributed by atoms with Crippen molar-refractivity contribution in [1.29, 1.82) is 0 Å². The van der Waals surface area contributed by atoms with Gasteiger partial charge in [0.15, 0.2) is 17.7 Å². The summed E-state index contributed by atoms with van der Waals surface area (Å²) in [5.74, 6) is -0.343. The minimum absolute atomic E-state index is 0.139. The van der Waals surface area contributed by atoms with Gasteiger partial charge >= 0.3 is 13.7 Å². The Bertz CT molecular complexity index is 1300. The standard InChI is InChI=1S/C22H29N6O8P/c1-12(20(30)33-4)27-37(32,36-14-8-6-5-7-9-14)35-13(2)16-17(29)22(3,31)21(34-16)28-11-26-15-18(23)24-10-25-19(15)28/h5-13,16-17,21,29,31H,1-4H3,(H,27,32)(H2,23,24,25). The number of methoxy groups -OCH3 is 1. The molecule has 200 valence electrons. The van der Waals surface area contributed by atoms with E-state index in [0.717, 1.165) is 0 Å². The first-order valence-corrected chi connectivity index (χ1v) is 12.9. The van der Waals surface area contributed by atoms with E-state index >= 15 is 0 Å². The third kappa shape index (κ3) is 5.30. The molecule has 0 radical (unpaired) electrons. The summed E-state index contributed by atoms with van der Waals surface area (Å²) in [4.78, 5) is 24.2. The lowest BCUT2D eigenvalue weighted by Gasteiger charge is -2.29. The molecule has 0 aliphatic carbocycles. The van der Waals surface area contributed by atoms with Crippen molar-refractivity contribution in [2.24, 2.45) is 0 Å². The number of imidazole rings is 1. The van der Waals surface area contributed by atoms with Gasteiger partial charge in [-0.1, -0.05) is 18.2 Å². The maximum Gasteiger partial charge on any atom is 0.459 e. The lowest BCUT2D eigenvalue weighted by molar-refractivity contribution is -0.142. The highest BCUT2D eigenvalue weighted by Gasteiger charge is 2.56. The first kappa shape index (κ1) is 26.9. The molecule has 1 fully saturated rings. The van der Waals surface area contributed by atoms with Gasteiger partial charge in [-0.05, 0) is 32.9 Å². The molecule has 37 heavy (non-hydrogen) atoms. The summed E-state index contributed by atoms with van der Waals surface area (Å²) < 4.78 is 37.3. The number of nitrogens with zero attached hydrogens (tertiary/aromatic N) is 4. The first-order chi connectivity index (χ1) is 17.5. The maximum atomic E-state index is 13.8. The molecule has 0 bridgehead atoms. The molecule has 7 atom stereocenters. The molecule has 14 nitrogen and oxygen atoms in total. The van der Waals surface area contributed by atoms with Crippen molar-refractivity contribution in [3.05, 3.63) is 43.0 Å². The molecule has 15 heteroatoms. The number of esters is 1. The van der Waals surface area contributed by atoms with E-state index in [0.29, 0.717) is 5.52 Å². The minimum Gasteiger partial charge on any atom is -0.468 e. The fraction of sp³-hybridized carbons (Fsp3) is 0.455. The van der Waals surface area contributed by atoms with Crippen LogP contribution in [0.4, 0.5) is 5.82 Å². The van der Waals surface area contributed by atoms with E-state index in [1.165, 1.54) is 45.1 Å². The van der Waals surface area contributed by atoms with Crippen molar-refractivity contribution < 1.29 is 38.1 Å². The highest BCUT2D eigenvalue weighted by molar-refractivity contribution is 7.52. The number of nitrogens with two attached hydrogens (primary N) is 1. The number of hydrogen-bond acceptors (Lipinski definition) is 12. The van der Waals surface area contributed by atoms with Gasteiger partial charge in [0.1, 0.15) is 41.4 Å². The molecular weight excluding hydrogens is 507 g/mol. The molecule has 0 spiro atoms. The van der Waals surface area contributed by atoms with Crippen LogP contribution in [-0.4, -0.2) is 72.8 Å². The second-order valence-corrected chi connectivity index (χ2v) is 10.4. The molecule has 4 rings (SSSR count). The average Bonchev–Trinajstić information content (AvgIpc) is 3.38. The van der Waals surface area contributed by atoms with Crippen molar-refractivity contribution in [2.45, 2.75) is 57.0 Å². The number of rotatable bonds is 9. The van der Waals surface area contributed by atoms with Gasteiger partial charge in [-0.2, -0.15) is 5.09 Å². The molecule has 1 aliphatic heterocycles. The molecule has 3 heterocycles. The van der Waals surface area contributed by atoms with Crippen LogP contribution in [0.2, 0.25) is 0 Å². The Kier molecular flexibility index (Phi) is 7.51. The van der Waals surface area contributed by atoms with Crippen molar-refractivity contribution >= 4 is 30.7 Å². The number of aliphatic hydroxyl groups excluding tert-OH is 1. The Labute approximate surface area is 212 Å². The lowest BCUT2D eigenvalue weighted by Crippen LogP contribution is -2.46. The second kappa shape index (κ2) is 10.3. The molecule has 1 saturated heterocycles. The highest BCUT2D eigenvalue weighted by atomic mass is 31.2. The third-order valence-electron chi connectivity index (χ3n) is 5.98. The fourth-order valence-electron chi connectivity index (χ4n) is 4.04. The van der Waals surface area contributed by atoms with E-state index in [1.54, 1.807) is 30.3 Å². The van der Waals surface area contributed by atoms with Crippen LogP contribution in [0.3, 0.4) is 0 Å². The summed E-state index contributed by atoms with van der Waals surface area (Å²) in [6.45, 7) is 4.30. The molecule has 1 aliphatic rings. The Morgan fingerprint density at radius 2 is 1.97 bits per heavy atom. The zero-order valence-corrected chi connectivity index (χ0v) is 21.5. The number of nitrogen functional groups attached to an aromatic ring is 1. The average molecular weight is 536 g/mol. The number of carbonyl (C=O) groups is 1. The second-order valence-electron chi connectivity index (χ2n) is 8.79. The Morgan fingerprint density at radius 1 is 1.27 bits per heavy atom. The zero-order valence-electron chi connectivity index (χ0n) is 20.6. The van der Waals surface area contributed by atoms with Crippen LogP contribution in [0.5, 0.6) is 5.75 Å². The normalized spacial score (nSPS) is 26.9. The quantitative estimate of drug-likeness (QED) is 0.225. The van der Waals surface area contributed by atoms with E-state index < -0.39 is 49.9 Å². The highest BCUT2D eigenvalue weighted by Crippen LogP contribution is 2.49. The SMILES string of the molecule is COC(=O)C(C)NP(=O)(Oc1ccccc1)OC(C)C1OC(n2cnc3c(N)ncnc32)C(C)(O)C1O. The Morgan fingerprint density at radius 3 is 2.65 bits per heavy atom. The Hall–Kier alpha value is -3.13. The summed E-state index contributed by atoms with van der Waals surface area (Å²) in [5, 5.41) is 24.7.